The number of piperidine rings is 1. The molecular formula is C19H22F2NO+. The van der Waals surface area contributed by atoms with Gasteiger partial charge in [-0.25, -0.2) is 8.78 Å². The lowest BCUT2D eigenvalue weighted by Crippen LogP contribution is -2.91. The molecule has 0 bridgehead atoms. The Morgan fingerprint density at radius 1 is 0.957 bits per heavy atom. The Morgan fingerprint density at radius 3 is 1.96 bits per heavy atom. The molecule has 0 unspecified atom stereocenters. The molecule has 1 fully saturated rings. The molecule has 0 aromatic heterocycles. The lowest BCUT2D eigenvalue weighted by atomic mass is 9.73. The van der Waals surface area contributed by atoms with Crippen LogP contribution in [0, 0.1) is 17.6 Å². The fraction of sp³-hybridized carbons (Fsp3) is 0.368. The van der Waals surface area contributed by atoms with Crippen LogP contribution in [0.4, 0.5) is 8.78 Å². The number of hydrogen-bond donors (Lipinski definition) is 2. The number of halogens is 2. The molecule has 1 saturated heterocycles. The van der Waals surface area contributed by atoms with Crippen molar-refractivity contribution in [3.63, 3.8) is 0 Å². The Labute approximate surface area is 135 Å². The monoisotopic (exact) mass is 318 g/mol. The van der Waals surface area contributed by atoms with Gasteiger partial charge in [0.15, 0.2) is 0 Å². The third-order valence-corrected chi connectivity index (χ3v) is 5.15. The molecule has 1 aliphatic rings. The van der Waals surface area contributed by atoms with Crippen molar-refractivity contribution < 1.29 is 19.2 Å². The van der Waals surface area contributed by atoms with Gasteiger partial charge in [0.05, 0.1) is 5.60 Å². The number of quaternary nitrogens is 1. The quantitative estimate of drug-likeness (QED) is 0.877. The van der Waals surface area contributed by atoms with Crippen molar-refractivity contribution in [2.45, 2.75) is 38.0 Å². The third-order valence-electron chi connectivity index (χ3n) is 5.15. The first-order valence-electron chi connectivity index (χ1n) is 7.95. The molecule has 2 aromatic rings. The van der Waals surface area contributed by atoms with Crippen LogP contribution in [0.1, 0.15) is 43.5 Å². The van der Waals surface area contributed by atoms with Crippen LogP contribution < -0.4 is 5.32 Å². The minimum atomic E-state index is -0.840. The molecule has 0 radical (unpaired) electrons. The highest BCUT2D eigenvalue weighted by atomic mass is 19.1. The zero-order chi connectivity index (χ0) is 16.6. The first-order valence-corrected chi connectivity index (χ1v) is 7.95. The number of nitrogens with two attached hydrogens (primary N) is 1. The first kappa shape index (κ1) is 16.1. The average molecular weight is 318 g/mol. The Hall–Kier alpha value is -1.78. The van der Waals surface area contributed by atoms with E-state index < -0.39 is 5.60 Å². The van der Waals surface area contributed by atoms with Crippen molar-refractivity contribution in [3.05, 3.63) is 71.3 Å². The van der Waals surface area contributed by atoms with Gasteiger partial charge in [0.2, 0.25) is 0 Å². The van der Waals surface area contributed by atoms with Gasteiger partial charge in [0, 0.05) is 23.5 Å². The summed E-state index contributed by atoms with van der Waals surface area (Å²) in [5.41, 5.74) is 1.14. The summed E-state index contributed by atoms with van der Waals surface area (Å²) >= 11 is 0. The Bertz CT molecular complexity index is 667. The topological polar surface area (TPSA) is 36.8 Å². The molecule has 0 saturated carbocycles. The van der Waals surface area contributed by atoms with E-state index in [1.165, 1.54) is 24.3 Å². The Kier molecular flexibility index (Phi) is 4.21. The zero-order valence-electron chi connectivity index (χ0n) is 13.3. The molecular weight excluding hydrogens is 296 g/mol. The van der Waals surface area contributed by atoms with Gasteiger partial charge >= 0.3 is 0 Å². The van der Waals surface area contributed by atoms with Crippen LogP contribution in [0.3, 0.4) is 0 Å². The van der Waals surface area contributed by atoms with Crippen LogP contribution in [0.5, 0.6) is 0 Å². The number of aliphatic hydroxyl groups is 1. The summed E-state index contributed by atoms with van der Waals surface area (Å²) in [5, 5.41) is 13.0. The highest BCUT2D eigenvalue weighted by molar-refractivity contribution is 5.23. The van der Waals surface area contributed by atoms with Crippen molar-refractivity contribution in [1.29, 1.82) is 0 Å². The van der Waals surface area contributed by atoms with Crippen molar-refractivity contribution in [2.75, 3.05) is 0 Å². The van der Waals surface area contributed by atoms with Crippen LogP contribution in [0.15, 0.2) is 48.5 Å². The minimum Gasteiger partial charge on any atom is -0.389 e. The SMILES string of the molecule is C[C@@H]1[C@@H](c2ccc(F)cc2)[NH2+][C@H](c2ccc(F)cc2)C[C@@]1(C)O. The van der Waals surface area contributed by atoms with E-state index >= 15 is 0 Å². The first-order chi connectivity index (χ1) is 10.9. The summed E-state index contributed by atoms with van der Waals surface area (Å²) in [6.45, 7) is 3.86. The third kappa shape index (κ3) is 3.28. The summed E-state index contributed by atoms with van der Waals surface area (Å²) < 4.78 is 26.3. The van der Waals surface area contributed by atoms with Crippen molar-refractivity contribution in [1.82, 2.24) is 0 Å². The Balaban J connectivity index is 1.92. The fourth-order valence-electron chi connectivity index (χ4n) is 3.53. The molecule has 0 spiro atoms. The minimum absolute atomic E-state index is 0.0182. The van der Waals surface area contributed by atoms with Crippen LogP contribution in [-0.2, 0) is 0 Å². The summed E-state index contributed by atoms with van der Waals surface area (Å²) in [4.78, 5) is 0. The van der Waals surface area contributed by atoms with Gasteiger partial charge in [-0.2, -0.15) is 0 Å². The summed E-state index contributed by atoms with van der Waals surface area (Å²) in [7, 11) is 0. The predicted octanol–water partition coefficient (Wildman–Crippen LogP) is 3.10. The van der Waals surface area contributed by atoms with Gasteiger partial charge in [-0.3, -0.25) is 0 Å². The average Bonchev–Trinajstić information content (AvgIpc) is 2.51. The fourth-order valence-corrected chi connectivity index (χ4v) is 3.53. The predicted molar refractivity (Wildman–Crippen MR) is 84.6 cm³/mol. The number of hydrogen-bond acceptors (Lipinski definition) is 1. The smallest absolute Gasteiger partial charge is 0.123 e. The molecule has 2 nitrogen and oxygen atoms in total. The van der Waals surface area contributed by atoms with E-state index in [0.717, 1.165) is 11.1 Å². The van der Waals surface area contributed by atoms with E-state index in [1.807, 2.05) is 13.8 Å². The molecule has 0 aliphatic carbocycles. The second kappa shape index (κ2) is 6.02. The highest BCUT2D eigenvalue weighted by Crippen LogP contribution is 2.38. The van der Waals surface area contributed by atoms with Crippen molar-refractivity contribution in [3.8, 4) is 0 Å². The standard InChI is InChI=1S/C19H21F2NO/c1-12-18(14-5-9-16(21)10-6-14)22-17(11-19(12,2)23)13-3-7-15(20)8-4-13/h3-10,12,17-18,22-23H,11H2,1-2H3/p+1/t12-,17+,18+,19-/m1/s1. The molecule has 1 aliphatic heterocycles. The van der Waals surface area contributed by atoms with Crippen LogP contribution in [-0.4, -0.2) is 10.7 Å². The van der Waals surface area contributed by atoms with Crippen molar-refractivity contribution >= 4 is 0 Å². The molecule has 23 heavy (non-hydrogen) atoms. The summed E-state index contributed by atoms with van der Waals surface area (Å²) in [5.74, 6) is -0.511. The van der Waals surface area contributed by atoms with Gasteiger partial charge in [-0.1, -0.05) is 31.2 Å². The molecule has 4 atom stereocenters. The van der Waals surface area contributed by atoms with E-state index in [1.54, 1.807) is 24.3 Å². The maximum atomic E-state index is 13.2. The normalized spacial score (nSPS) is 31.1. The Morgan fingerprint density at radius 2 is 1.43 bits per heavy atom. The molecule has 2 aromatic carbocycles. The van der Waals surface area contributed by atoms with Gasteiger partial charge in [-0.05, 0) is 31.2 Å². The molecule has 0 amide bonds. The summed E-state index contributed by atoms with van der Waals surface area (Å²) in [6.07, 6.45) is 0.595. The number of benzene rings is 2. The highest BCUT2D eigenvalue weighted by Gasteiger charge is 2.46. The lowest BCUT2D eigenvalue weighted by molar-refractivity contribution is -0.756. The molecule has 4 heteroatoms. The van der Waals surface area contributed by atoms with Gasteiger partial charge in [-0.15, -0.1) is 0 Å². The van der Waals surface area contributed by atoms with E-state index in [0.29, 0.717) is 6.42 Å². The second-order valence-electron chi connectivity index (χ2n) is 6.78. The van der Waals surface area contributed by atoms with Gasteiger partial charge in [0.25, 0.3) is 0 Å². The molecule has 3 rings (SSSR count). The maximum absolute atomic E-state index is 13.2. The van der Waals surface area contributed by atoms with Crippen LogP contribution >= 0.6 is 0 Å². The van der Waals surface area contributed by atoms with E-state index in [-0.39, 0.29) is 29.6 Å². The van der Waals surface area contributed by atoms with E-state index in [4.69, 9.17) is 0 Å². The second-order valence-corrected chi connectivity index (χ2v) is 6.78. The van der Waals surface area contributed by atoms with E-state index in [9.17, 15) is 13.9 Å². The van der Waals surface area contributed by atoms with Crippen LogP contribution in [0.25, 0.3) is 0 Å². The van der Waals surface area contributed by atoms with Gasteiger partial charge < -0.3 is 10.4 Å². The molecule has 3 N–H and O–H groups in total. The van der Waals surface area contributed by atoms with Crippen molar-refractivity contribution in [2.24, 2.45) is 5.92 Å². The molecule has 122 valence electrons. The van der Waals surface area contributed by atoms with Crippen LogP contribution in [0.2, 0.25) is 0 Å². The largest absolute Gasteiger partial charge is 0.389 e. The number of rotatable bonds is 2. The molecule has 1 heterocycles. The zero-order valence-corrected chi connectivity index (χ0v) is 13.3. The van der Waals surface area contributed by atoms with Gasteiger partial charge in [0.1, 0.15) is 23.7 Å². The lowest BCUT2D eigenvalue weighted by Gasteiger charge is -2.43. The summed E-state index contributed by atoms with van der Waals surface area (Å²) in [6, 6.07) is 12.9. The van der Waals surface area contributed by atoms with E-state index in [2.05, 4.69) is 5.32 Å². The maximum Gasteiger partial charge on any atom is 0.123 e.